The molecule has 0 saturated heterocycles. The first-order valence-corrected chi connectivity index (χ1v) is 7.76. The lowest BCUT2D eigenvalue weighted by molar-refractivity contribution is 0.150. The summed E-state index contributed by atoms with van der Waals surface area (Å²) in [7, 11) is 4.30. The molecule has 1 aromatic rings. The zero-order chi connectivity index (χ0) is 14.4. The zero-order valence-corrected chi connectivity index (χ0v) is 13.1. The fourth-order valence-electron chi connectivity index (χ4n) is 3.00. The Balaban J connectivity index is 1.69. The molecule has 0 aliphatic heterocycles. The van der Waals surface area contributed by atoms with E-state index < -0.39 is 0 Å². The summed E-state index contributed by atoms with van der Waals surface area (Å²) in [5, 5.41) is 3.39. The molecule has 112 valence electrons. The molecule has 20 heavy (non-hydrogen) atoms. The van der Waals surface area contributed by atoms with Crippen LogP contribution in [0.5, 0.6) is 5.75 Å². The molecule has 0 unspecified atom stereocenters. The van der Waals surface area contributed by atoms with E-state index in [1.54, 1.807) is 0 Å². The maximum absolute atomic E-state index is 5.84. The van der Waals surface area contributed by atoms with E-state index in [-0.39, 0.29) is 0 Å². The van der Waals surface area contributed by atoms with Crippen molar-refractivity contribution < 1.29 is 4.74 Å². The Bertz CT molecular complexity index is 400. The van der Waals surface area contributed by atoms with Gasteiger partial charge in [0.05, 0.1) is 0 Å². The van der Waals surface area contributed by atoms with Gasteiger partial charge in [0.1, 0.15) is 12.4 Å². The van der Waals surface area contributed by atoms with E-state index >= 15 is 0 Å². The summed E-state index contributed by atoms with van der Waals surface area (Å²) in [5.41, 5.74) is 1.25. The van der Waals surface area contributed by atoms with E-state index in [0.717, 1.165) is 31.0 Å². The Kier molecular flexibility index (Phi) is 5.86. The SMILES string of the molecule is CNC1CCC(N(C)CCOc2cccc(C)c2)CC1. The van der Waals surface area contributed by atoms with Crippen LogP contribution < -0.4 is 10.1 Å². The summed E-state index contributed by atoms with van der Waals surface area (Å²) < 4.78 is 5.84. The molecule has 0 atom stereocenters. The molecule has 0 heterocycles. The monoisotopic (exact) mass is 276 g/mol. The van der Waals surface area contributed by atoms with E-state index in [0.29, 0.717) is 0 Å². The van der Waals surface area contributed by atoms with Crippen LogP contribution in [0.25, 0.3) is 0 Å². The van der Waals surface area contributed by atoms with Gasteiger partial charge in [-0.15, -0.1) is 0 Å². The molecule has 1 aromatic carbocycles. The van der Waals surface area contributed by atoms with Crippen LogP contribution in [-0.2, 0) is 0 Å². The van der Waals surface area contributed by atoms with Crippen molar-refractivity contribution in [2.24, 2.45) is 0 Å². The quantitative estimate of drug-likeness (QED) is 0.864. The summed E-state index contributed by atoms with van der Waals surface area (Å²) in [6.07, 6.45) is 5.19. The maximum atomic E-state index is 5.84. The average molecular weight is 276 g/mol. The number of hydrogen-bond acceptors (Lipinski definition) is 3. The smallest absolute Gasteiger partial charge is 0.119 e. The van der Waals surface area contributed by atoms with Gasteiger partial charge in [-0.2, -0.15) is 0 Å². The minimum absolute atomic E-state index is 0.723. The van der Waals surface area contributed by atoms with E-state index in [4.69, 9.17) is 4.74 Å². The minimum Gasteiger partial charge on any atom is -0.492 e. The van der Waals surface area contributed by atoms with E-state index in [1.807, 2.05) is 12.1 Å². The summed E-state index contributed by atoms with van der Waals surface area (Å²) in [5.74, 6) is 0.984. The summed E-state index contributed by atoms with van der Waals surface area (Å²) >= 11 is 0. The lowest BCUT2D eigenvalue weighted by Crippen LogP contribution is -2.41. The Morgan fingerprint density at radius 2 is 2.00 bits per heavy atom. The van der Waals surface area contributed by atoms with Crippen molar-refractivity contribution >= 4 is 0 Å². The van der Waals surface area contributed by atoms with E-state index in [1.165, 1.54) is 31.2 Å². The van der Waals surface area contributed by atoms with Crippen LogP contribution in [0.4, 0.5) is 0 Å². The molecule has 3 heteroatoms. The predicted octanol–water partition coefficient (Wildman–Crippen LogP) is 2.84. The molecule has 0 aromatic heterocycles. The molecule has 1 aliphatic carbocycles. The Hall–Kier alpha value is -1.06. The molecule has 1 N–H and O–H groups in total. The standard InChI is InChI=1S/C17H28N2O/c1-14-5-4-6-17(13-14)20-12-11-19(3)16-9-7-15(18-2)8-10-16/h4-6,13,15-16,18H,7-12H2,1-3H3. The third-order valence-corrected chi connectivity index (χ3v) is 4.43. The van der Waals surface area contributed by atoms with Gasteiger partial charge < -0.3 is 15.0 Å². The Morgan fingerprint density at radius 3 is 2.65 bits per heavy atom. The number of ether oxygens (including phenoxy) is 1. The number of benzene rings is 1. The van der Waals surface area contributed by atoms with Gasteiger partial charge in [-0.3, -0.25) is 0 Å². The molecule has 2 rings (SSSR count). The highest BCUT2D eigenvalue weighted by Crippen LogP contribution is 2.22. The molecule has 0 bridgehead atoms. The summed E-state index contributed by atoms with van der Waals surface area (Å²) in [6.45, 7) is 3.87. The second-order valence-corrected chi connectivity index (χ2v) is 5.94. The first-order chi connectivity index (χ1) is 9.69. The molecule has 0 amide bonds. The lowest BCUT2D eigenvalue weighted by Gasteiger charge is -2.34. The van der Waals surface area contributed by atoms with Crippen molar-refractivity contribution in [2.45, 2.75) is 44.7 Å². The van der Waals surface area contributed by atoms with Crippen molar-refractivity contribution in [3.63, 3.8) is 0 Å². The second kappa shape index (κ2) is 7.65. The van der Waals surface area contributed by atoms with Gasteiger partial charge in [-0.25, -0.2) is 0 Å². The Morgan fingerprint density at radius 1 is 1.25 bits per heavy atom. The first-order valence-electron chi connectivity index (χ1n) is 7.76. The minimum atomic E-state index is 0.723. The number of rotatable bonds is 6. The molecular formula is C17H28N2O. The van der Waals surface area contributed by atoms with Crippen molar-refractivity contribution in [1.82, 2.24) is 10.2 Å². The molecule has 1 saturated carbocycles. The van der Waals surface area contributed by atoms with Crippen LogP contribution in [-0.4, -0.2) is 44.2 Å². The van der Waals surface area contributed by atoms with Crippen LogP contribution in [0.1, 0.15) is 31.2 Å². The highest BCUT2D eigenvalue weighted by atomic mass is 16.5. The van der Waals surface area contributed by atoms with Gasteiger partial charge in [0, 0.05) is 18.6 Å². The van der Waals surface area contributed by atoms with Gasteiger partial charge in [0.25, 0.3) is 0 Å². The van der Waals surface area contributed by atoms with Gasteiger partial charge in [-0.05, 0) is 64.4 Å². The number of aryl methyl sites for hydroxylation is 1. The third kappa shape index (κ3) is 4.50. The third-order valence-electron chi connectivity index (χ3n) is 4.43. The van der Waals surface area contributed by atoms with Crippen LogP contribution in [0.2, 0.25) is 0 Å². The van der Waals surface area contributed by atoms with Crippen molar-refractivity contribution in [2.75, 3.05) is 27.2 Å². The van der Waals surface area contributed by atoms with Crippen LogP contribution >= 0.6 is 0 Å². The normalized spacial score (nSPS) is 23.0. The number of hydrogen-bond donors (Lipinski definition) is 1. The topological polar surface area (TPSA) is 24.5 Å². The van der Waals surface area contributed by atoms with Crippen LogP contribution in [0.3, 0.4) is 0 Å². The van der Waals surface area contributed by atoms with Crippen molar-refractivity contribution in [1.29, 1.82) is 0 Å². The number of nitrogens with one attached hydrogen (secondary N) is 1. The fourth-order valence-corrected chi connectivity index (χ4v) is 3.00. The van der Waals surface area contributed by atoms with Gasteiger partial charge >= 0.3 is 0 Å². The average Bonchev–Trinajstić information content (AvgIpc) is 2.47. The van der Waals surface area contributed by atoms with Gasteiger partial charge in [-0.1, -0.05) is 12.1 Å². The second-order valence-electron chi connectivity index (χ2n) is 5.94. The number of nitrogens with zero attached hydrogens (tertiary/aromatic N) is 1. The van der Waals surface area contributed by atoms with E-state index in [9.17, 15) is 0 Å². The molecule has 1 fully saturated rings. The molecule has 1 aliphatic rings. The van der Waals surface area contributed by atoms with E-state index in [2.05, 4.69) is 43.4 Å². The summed E-state index contributed by atoms with van der Waals surface area (Å²) in [6, 6.07) is 9.72. The van der Waals surface area contributed by atoms with Crippen molar-refractivity contribution in [3.8, 4) is 5.75 Å². The molecule has 3 nitrogen and oxygen atoms in total. The highest BCUT2D eigenvalue weighted by molar-refractivity contribution is 5.27. The van der Waals surface area contributed by atoms with Crippen molar-refractivity contribution in [3.05, 3.63) is 29.8 Å². The number of likely N-dealkylation sites (N-methyl/N-ethyl adjacent to an activating group) is 1. The predicted molar refractivity (Wildman–Crippen MR) is 84.4 cm³/mol. The Labute approximate surface area is 123 Å². The van der Waals surface area contributed by atoms with Gasteiger partial charge in [0.15, 0.2) is 0 Å². The largest absolute Gasteiger partial charge is 0.492 e. The van der Waals surface area contributed by atoms with Gasteiger partial charge in [0.2, 0.25) is 0 Å². The molecule has 0 radical (unpaired) electrons. The maximum Gasteiger partial charge on any atom is 0.119 e. The first kappa shape index (κ1) is 15.3. The summed E-state index contributed by atoms with van der Waals surface area (Å²) in [4.78, 5) is 2.46. The molecule has 0 spiro atoms. The van der Waals surface area contributed by atoms with Crippen LogP contribution in [0, 0.1) is 6.92 Å². The fraction of sp³-hybridized carbons (Fsp3) is 0.647. The lowest BCUT2D eigenvalue weighted by atomic mass is 9.90. The van der Waals surface area contributed by atoms with Crippen LogP contribution in [0.15, 0.2) is 24.3 Å². The zero-order valence-electron chi connectivity index (χ0n) is 13.1. The molecular weight excluding hydrogens is 248 g/mol. The highest BCUT2D eigenvalue weighted by Gasteiger charge is 2.22.